The molecule has 0 spiro atoms. The molecule has 2 fully saturated rings. The lowest BCUT2D eigenvalue weighted by molar-refractivity contribution is 0.600. The van der Waals surface area contributed by atoms with Gasteiger partial charge < -0.3 is 10.2 Å². The maximum atomic E-state index is 4.90. The van der Waals surface area contributed by atoms with Gasteiger partial charge in [-0.1, -0.05) is 13.8 Å². The lowest BCUT2D eigenvalue weighted by Crippen LogP contribution is -2.31. The largest absolute Gasteiger partial charge is 0.357 e. The summed E-state index contributed by atoms with van der Waals surface area (Å²) in [7, 11) is 2.20. The molecule has 0 aliphatic heterocycles. The molecule has 3 rings (SSSR count). The van der Waals surface area contributed by atoms with Crippen LogP contribution < -0.4 is 10.2 Å². The van der Waals surface area contributed by atoms with Crippen molar-refractivity contribution in [2.75, 3.05) is 11.9 Å². The van der Waals surface area contributed by atoms with Crippen LogP contribution in [0.25, 0.3) is 0 Å². The standard InChI is InChI=1S/C18H29N3/c1-12(2)17-9-14(11-19-16-7-8-16)10-18(20-17)21(4)13(3)15-5-6-15/h9-10,12-13,15-16,19H,5-8,11H2,1-4H3. The van der Waals surface area contributed by atoms with E-state index in [-0.39, 0.29) is 0 Å². The highest BCUT2D eigenvalue weighted by Crippen LogP contribution is 2.36. The summed E-state index contributed by atoms with van der Waals surface area (Å²) >= 11 is 0. The molecule has 0 amide bonds. The average Bonchev–Trinajstić information content (AvgIpc) is 3.36. The highest BCUT2D eigenvalue weighted by Gasteiger charge is 2.31. The van der Waals surface area contributed by atoms with Crippen molar-refractivity contribution in [1.82, 2.24) is 10.3 Å². The number of nitrogens with one attached hydrogen (secondary N) is 1. The molecule has 3 nitrogen and oxygen atoms in total. The zero-order valence-corrected chi connectivity index (χ0v) is 13.9. The summed E-state index contributed by atoms with van der Waals surface area (Å²) in [5.74, 6) is 2.50. The van der Waals surface area contributed by atoms with E-state index in [1.54, 1.807) is 0 Å². The van der Waals surface area contributed by atoms with Gasteiger partial charge in [-0.2, -0.15) is 0 Å². The molecule has 2 aliphatic carbocycles. The third-order valence-electron chi connectivity index (χ3n) is 4.93. The van der Waals surface area contributed by atoms with Gasteiger partial charge in [-0.15, -0.1) is 0 Å². The highest BCUT2D eigenvalue weighted by molar-refractivity contribution is 5.44. The first kappa shape index (κ1) is 14.8. The van der Waals surface area contributed by atoms with Gasteiger partial charge >= 0.3 is 0 Å². The first-order valence-corrected chi connectivity index (χ1v) is 8.51. The van der Waals surface area contributed by atoms with E-state index in [1.807, 2.05) is 0 Å². The van der Waals surface area contributed by atoms with Crippen molar-refractivity contribution >= 4 is 5.82 Å². The highest BCUT2D eigenvalue weighted by atomic mass is 15.2. The number of hydrogen-bond acceptors (Lipinski definition) is 3. The number of hydrogen-bond donors (Lipinski definition) is 1. The first-order valence-electron chi connectivity index (χ1n) is 8.51. The lowest BCUT2D eigenvalue weighted by atomic mass is 10.1. The maximum absolute atomic E-state index is 4.90. The molecule has 1 aromatic heterocycles. The summed E-state index contributed by atoms with van der Waals surface area (Å²) in [6.07, 6.45) is 5.44. The van der Waals surface area contributed by atoms with Crippen molar-refractivity contribution in [3.63, 3.8) is 0 Å². The van der Waals surface area contributed by atoms with Crippen LogP contribution in [0.4, 0.5) is 5.82 Å². The van der Waals surface area contributed by atoms with E-state index in [9.17, 15) is 0 Å². The lowest BCUT2D eigenvalue weighted by Gasteiger charge is -2.27. The van der Waals surface area contributed by atoms with Crippen LogP contribution in [0.5, 0.6) is 0 Å². The van der Waals surface area contributed by atoms with Crippen molar-refractivity contribution in [1.29, 1.82) is 0 Å². The van der Waals surface area contributed by atoms with Crippen LogP contribution in [-0.2, 0) is 6.54 Å². The van der Waals surface area contributed by atoms with E-state index in [0.717, 1.165) is 24.3 Å². The third kappa shape index (κ3) is 3.76. The van der Waals surface area contributed by atoms with Crippen molar-refractivity contribution in [2.24, 2.45) is 5.92 Å². The quantitative estimate of drug-likeness (QED) is 0.829. The number of pyridine rings is 1. The predicted molar refractivity (Wildman–Crippen MR) is 88.8 cm³/mol. The van der Waals surface area contributed by atoms with E-state index >= 15 is 0 Å². The summed E-state index contributed by atoms with van der Waals surface area (Å²) in [5, 5.41) is 3.62. The molecule has 0 saturated heterocycles. The normalized spacial score (nSPS) is 19.9. The summed E-state index contributed by atoms with van der Waals surface area (Å²) in [6, 6.07) is 5.91. The maximum Gasteiger partial charge on any atom is 0.129 e. The smallest absolute Gasteiger partial charge is 0.129 e. The molecule has 3 heteroatoms. The minimum absolute atomic E-state index is 0.481. The Hall–Kier alpha value is -1.09. The number of anilines is 1. The van der Waals surface area contributed by atoms with E-state index in [4.69, 9.17) is 4.98 Å². The van der Waals surface area contributed by atoms with Gasteiger partial charge in [-0.25, -0.2) is 4.98 Å². The van der Waals surface area contributed by atoms with E-state index in [1.165, 1.54) is 36.9 Å². The van der Waals surface area contributed by atoms with E-state index < -0.39 is 0 Å². The molecule has 1 unspecified atom stereocenters. The van der Waals surface area contributed by atoms with Crippen LogP contribution in [0.3, 0.4) is 0 Å². The Bertz CT molecular complexity index is 489. The zero-order chi connectivity index (χ0) is 15.0. The molecule has 1 aromatic rings. The predicted octanol–water partition coefficient (Wildman–Crippen LogP) is 3.69. The number of aromatic nitrogens is 1. The van der Waals surface area contributed by atoms with Crippen LogP contribution >= 0.6 is 0 Å². The van der Waals surface area contributed by atoms with E-state index in [0.29, 0.717) is 12.0 Å². The molecular formula is C18H29N3. The molecule has 116 valence electrons. The Labute approximate surface area is 129 Å². The summed E-state index contributed by atoms with van der Waals surface area (Å²) in [5.41, 5.74) is 2.60. The SMILES string of the molecule is CC(C)c1cc(CNC2CC2)cc(N(C)C(C)C2CC2)n1. The third-order valence-corrected chi connectivity index (χ3v) is 4.93. The summed E-state index contributed by atoms with van der Waals surface area (Å²) < 4.78 is 0. The van der Waals surface area contributed by atoms with Crippen LogP contribution in [0, 0.1) is 5.92 Å². The summed E-state index contributed by atoms with van der Waals surface area (Å²) in [6.45, 7) is 7.78. The second-order valence-electron chi connectivity index (χ2n) is 7.26. The fourth-order valence-corrected chi connectivity index (χ4v) is 2.83. The van der Waals surface area contributed by atoms with Gasteiger partial charge in [0.05, 0.1) is 0 Å². The fraction of sp³-hybridized carbons (Fsp3) is 0.722. The minimum atomic E-state index is 0.481. The fourth-order valence-electron chi connectivity index (χ4n) is 2.83. The first-order chi connectivity index (χ1) is 10.0. The molecule has 0 bridgehead atoms. The Balaban J connectivity index is 1.79. The molecule has 1 N–H and O–H groups in total. The Morgan fingerprint density at radius 1 is 1.19 bits per heavy atom. The van der Waals surface area contributed by atoms with Gasteiger partial charge in [0.15, 0.2) is 0 Å². The molecule has 0 aromatic carbocycles. The van der Waals surface area contributed by atoms with Crippen LogP contribution in [-0.4, -0.2) is 24.1 Å². The summed E-state index contributed by atoms with van der Waals surface area (Å²) in [4.78, 5) is 7.28. The number of rotatable bonds is 7. The molecule has 1 heterocycles. The number of nitrogens with zero attached hydrogens (tertiary/aromatic N) is 2. The molecule has 2 aliphatic rings. The van der Waals surface area contributed by atoms with Gasteiger partial charge in [0.1, 0.15) is 5.82 Å². The van der Waals surface area contributed by atoms with Gasteiger partial charge in [-0.3, -0.25) is 0 Å². The Morgan fingerprint density at radius 2 is 1.90 bits per heavy atom. The van der Waals surface area contributed by atoms with Crippen LogP contribution in [0.1, 0.15) is 63.6 Å². The average molecular weight is 287 g/mol. The minimum Gasteiger partial charge on any atom is -0.357 e. The molecular weight excluding hydrogens is 258 g/mol. The van der Waals surface area contributed by atoms with Gasteiger partial charge in [0, 0.05) is 31.4 Å². The van der Waals surface area contributed by atoms with Crippen molar-refractivity contribution in [3.8, 4) is 0 Å². The van der Waals surface area contributed by atoms with E-state index in [2.05, 4.69) is 50.2 Å². The van der Waals surface area contributed by atoms with Crippen molar-refractivity contribution in [2.45, 2.75) is 71.0 Å². The topological polar surface area (TPSA) is 28.2 Å². The zero-order valence-electron chi connectivity index (χ0n) is 13.9. The Kier molecular flexibility index (Phi) is 4.21. The monoisotopic (exact) mass is 287 g/mol. The Morgan fingerprint density at radius 3 is 2.48 bits per heavy atom. The van der Waals surface area contributed by atoms with Crippen LogP contribution in [0.15, 0.2) is 12.1 Å². The van der Waals surface area contributed by atoms with Gasteiger partial charge in [0.2, 0.25) is 0 Å². The molecule has 2 saturated carbocycles. The van der Waals surface area contributed by atoms with Gasteiger partial charge in [-0.05, 0) is 62.1 Å². The van der Waals surface area contributed by atoms with Crippen LogP contribution in [0.2, 0.25) is 0 Å². The van der Waals surface area contributed by atoms with Crippen molar-refractivity contribution in [3.05, 3.63) is 23.4 Å². The molecule has 0 radical (unpaired) electrons. The molecule has 21 heavy (non-hydrogen) atoms. The van der Waals surface area contributed by atoms with Gasteiger partial charge in [0.25, 0.3) is 0 Å². The van der Waals surface area contributed by atoms with Crippen molar-refractivity contribution < 1.29 is 0 Å². The second kappa shape index (κ2) is 5.96. The second-order valence-corrected chi connectivity index (χ2v) is 7.26. The molecule has 1 atom stereocenters.